The Balaban J connectivity index is 1.76. The van der Waals surface area contributed by atoms with Gasteiger partial charge in [-0.2, -0.15) is 9.90 Å². The van der Waals surface area contributed by atoms with E-state index in [0.717, 1.165) is 5.69 Å². The Kier molecular flexibility index (Phi) is 5.17. The van der Waals surface area contributed by atoms with Crippen LogP contribution in [0, 0.1) is 6.92 Å². The van der Waals surface area contributed by atoms with Crippen molar-refractivity contribution in [3.63, 3.8) is 0 Å². The summed E-state index contributed by atoms with van der Waals surface area (Å²) >= 11 is 0. The number of esters is 1. The van der Waals surface area contributed by atoms with Crippen LogP contribution in [0.5, 0.6) is 11.5 Å². The number of carbonyl (C=O) groups excluding carboxylic acids is 1. The van der Waals surface area contributed by atoms with E-state index in [1.165, 1.54) is 4.80 Å². The van der Waals surface area contributed by atoms with Gasteiger partial charge in [-0.05, 0) is 37.3 Å². The number of carbonyl (C=O) groups is 1. The number of hydrogen-bond donors (Lipinski definition) is 0. The molecule has 0 aliphatic rings. The maximum Gasteiger partial charge on any atom is 0.361 e. The molecule has 0 N–H and O–H groups in total. The standard InChI is InChI=1S/C19H19N3O4/c1-13-18(21-22(20-13)15-7-5-4-6-8-15)19(23)26-12-14-11-16(24-2)9-10-17(14)25-3/h4-11H,12H2,1-3H3. The molecule has 0 spiro atoms. The lowest BCUT2D eigenvalue weighted by atomic mass is 10.2. The summed E-state index contributed by atoms with van der Waals surface area (Å²) in [4.78, 5) is 13.8. The molecule has 3 rings (SSSR count). The number of aromatic nitrogens is 3. The fraction of sp³-hybridized carbons (Fsp3) is 0.211. The first kappa shape index (κ1) is 17.5. The van der Waals surface area contributed by atoms with E-state index in [-0.39, 0.29) is 12.3 Å². The van der Waals surface area contributed by atoms with Crippen molar-refractivity contribution in [3.05, 3.63) is 65.5 Å². The van der Waals surface area contributed by atoms with Crippen LogP contribution in [0.2, 0.25) is 0 Å². The molecule has 0 aliphatic carbocycles. The molecule has 0 bridgehead atoms. The maximum absolute atomic E-state index is 12.4. The molecule has 0 unspecified atom stereocenters. The van der Waals surface area contributed by atoms with Crippen LogP contribution in [0.1, 0.15) is 21.7 Å². The van der Waals surface area contributed by atoms with Gasteiger partial charge in [0.15, 0.2) is 5.69 Å². The molecule has 1 aromatic heterocycles. The van der Waals surface area contributed by atoms with Crippen LogP contribution in [0.15, 0.2) is 48.5 Å². The molecule has 0 amide bonds. The van der Waals surface area contributed by atoms with Gasteiger partial charge < -0.3 is 14.2 Å². The lowest BCUT2D eigenvalue weighted by Crippen LogP contribution is -2.09. The summed E-state index contributed by atoms with van der Waals surface area (Å²) in [5, 5.41) is 8.52. The van der Waals surface area contributed by atoms with Gasteiger partial charge in [0.25, 0.3) is 0 Å². The van der Waals surface area contributed by atoms with E-state index in [1.54, 1.807) is 39.3 Å². The van der Waals surface area contributed by atoms with Crippen LogP contribution in [-0.2, 0) is 11.3 Å². The minimum Gasteiger partial charge on any atom is -0.497 e. The topological polar surface area (TPSA) is 75.5 Å². The van der Waals surface area contributed by atoms with Gasteiger partial charge in [-0.25, -0.2) is 4.79 Å². The highest BCUT2D eigenvalue weighted by Crippen LogP contribution is 2.25. The van der Waals surface area contributed by atoms with Crippen LogP contribution in [0.25, 0.3) is 5.69 Å². The second-order valence-corrected chi connectivity index (χ2v) is 5.51. The molecule has 7 nitrogen and oxygen atoms in total. The molecule has 0 atom stereocenters. The van der Waals surface area contributed by atoms with E-state index in [2.05, 4.69) is 10.2 Å². The zero-order chi connectivity index (χ0) is 18.5. The fourth-order valence-electron chi connectivity index (χ4n) is 2.45. The highest BCUT2D eigenvalue weighted by molar-refractivity contribution is 5.88. The summed E-state index contributed by atoms with van der Waals surface area (Å²) in [5.74, 6) is 0.723. The number of aryl methyl sites for hydroxylation is 1. The van der Waals surface area contributed by atoms with Crippen molar-refractivity contribution >= 4 is 5.97 Å². The van der Waals surface area contributed by atoms with Crippen LogP contribution >= 0.6 is 0 Å². The van der Waals surface area contributed by atoms with E-state index in [1.807, 2.05) is 30.3 Å². The van der Waals surface area contributed by atoms with Crippen molar-refractivity contribution in [2.45, 2.75) is 13.5 Å². The summed E-state index contributed by atoms with van der Waals surface area (Å²) in [7, 11) is 3.13. The predicted octanol–water partition coefficient (Wildman–Crippen LogP) is 2.95. The van der Waals surface area contributed by atoms with E-state index < -0.39 is 5.97 Å². The summed E-state index contributed by atoms with van der Waals surface area (Å²) in [6.45, 7) is 1.76. The molecule has 3 aromatic rings. The first-order chi connectivity index (χ1) is 12.6. The maximum atomic E-state index is 12.4. The second-order valence-electron chi connectivity index (χ2n) is 5.51. The minimum atomic E-state index is -0.547. The summed E-state index contributed by atoms with van der Waals surface area (Å²) < 4.78 is 15.9. The molecular formula is C19H19N3O4. The molecule has 0 radical (unpaired) electrons. The average molecular weight is 353 g/mol. The summed E-state index contributed by atoms with van der Waals surface area (Å²) in [6.07, 6.45) is 0. The third-order valence-corrected chi connectivity index (χ3v) is 3.81. The van der Waals surface area contributed by atoms with Crippen molar-refractivity contribution < 1.29 is 19.0 Å². The van der Waals surface area contributed by atoms with Crippen molar-refractivity contribution in [2.24, 2.45) is 0 Å². The van der Waals surface area contributed by atoms with Crippen molar-refractivity contribution in [3.8, 4) is 17.2 Å². The van der Waals surface area contributed by atoms with Gasteiger partial charge in [-0.15, -0.1) is 5.10 Å². The molecule has 0 saturated heterocycles. The lowest BCUT2D eigenvalue weighted by Gasteiger charge is -2.10. The van der Waals surface area contributed by atoms with Crippen LogP contribution in [-0.4, -0.2) is 35.2 Å². The molecule has 0 aliphatic heterocycles. The number of methoxy groups -OCH3 is 2. The predicted molar refractivity (Wildman–Crippen MR) is 94.8 cm³/mol. The van der Waals surface area contributed by atoms with E-state index >= 15 is 0 Å². The molecule has 2 aromatic carbocycles. The highest BCUT2D eigenvalue weighted by atomic mass is 16.5. The lowest BCUT2D eigenvalue weighted by molar-refractivity contribution is 0.0461. The van der Waals surface area contributed by atoms with Crippen molar-refractivity contribution in [1.29, 1.82) is 0 Å². The van der Waals surface area contributed by atoms with Gasteiger partial charge in [0.05, 0.1) is 25.6 Å². The third kappa shape index (κ3) is 3.66. The van der Waals surface area contributed by atoms with Gasteiger partial charge >= 0.3 is 5.97 Å². The first-order valence-corrected chi connectivity index (χ1v) is 7.99. The van der Waals surface area contributed by atoms with Crippen molar-refractivity contribution in [1.82, 2.24) is 15.0 Å². The van der Waals surface area contributed by atoms with Gasteiger partial charge in [0.1, 0.15) is 18.1 Å². The zero-order valence-corrected chi connectivity index (χ0v) is 14.8. The Morgan fingerprint density at radius 1 is 1.04 bits per heavy atom. The SMILES string of the molecule is COc1ccc(OC)c(COC(=O)c2nn(-c3ccccc3)nc2C)c1. The molecular weight excluding hydrogens is 334 g/mol. The molecule has 1 heterocycles. The van der Waals surface area contributed by atoms with Gasteiger partial charge in [-0.1, -0.05) is 18.2 Å². The number of ether oxygens (including phenoxy) is 3. The Labute approximate surface area is 151 Å². The van der Waals surface area contributed by atoms with Gasteiger partial charge in [0.2, 0.25) is 0 Å². The Hall–Kier alpha value is -3.35. The molecule has 0 saturated carbocycles. The normalized spacial score (nSPS) is 10.4. The Morgan fingerprint density at radius 2 is 1.81 bits per heavy atom. The minimum absolute atomic E-state index is 0.0385. The summed E-state index contributed by atoms with van der Waals surface area (Å²) in [5.41, 5.74) is 2.14. The van der Waals surface area contributed by atoms with Crippen LogP contribution < -0.4 is 9.47 Å². The van der Waals surface area contributed by atoms with Crippen molar-refractivity contribution in [2.75, 3.05) is 14.2 Å². The third-order valence-electron chi connectivity index (χ3n) is 3.81. The number of hydrogen-bond acceptors (Lipinski definition) is 6. The summed E-state index contributed by atoms with van der Waals surface area (Å²) in [6, 6.07) is 14.7. The van der Waals surface area contributed by atoms with Gasteiger partial charge in [0, 0.05) is 5.56 Å². The molecule has 26 heavy (non-hydrogen) atoms. The molecule has 134 valence electrons. The number of benzene rings is 2. The van der Waals surface area contributed by atoms with Gasteiger partial charge in [-0.3, -0.25) is 0 Å². The van der Waals surface area contributed by atoms with E-state index in [4.69, 9.17) is 14.2 Å². The second kappa shape index (κ2) is 7.69. The molecule has 7 heteroatoms. The van der Waals surface area contributed by atoms with Crippen LogP contribution in [0.3, 0.4) is 0 Å². The molecule has 0 fully saturated rings. The number of rotatable bonds is 6. The first-order valence-electron chi connectivity index (χ1n) is 7.99. The number of para-hydroxylation sites is 1. The Morgan fingerprint density at radius 3 is 2.50 bits per heavy atom. The monoisotopic (exact) mass is 353 g/mol. The largest absolute Gasteiger partial charge is 0.497 e. The van der Waals surface area contributed by atoms with E-state index in [9.17, 15) is 4.79 Å². The fourth-order valence-corrected chi connectivity index (χ4v) is 2.45. The smallest absolute Gasteiger partial charge is 0.361 e. The quantitative estimate of drug-likeness (QED) is 0.634. The van der Waals surface area contributed by atoms with E-state index in [0.29, 0.717) is 22.8 Å². The highest BCUT2D eigenvalue weighted by Gasteiger charge is 2.18. The Bertz CT molecular complexity index is 906. The van der Waals surface area contributed by atoms with Crippen LogP contribution in [0.4, 0.5) is 0 Å². The number of nitrogens with zero attached hydrogens (tertiary/aromatic N) is 3. The zero-order valence-electron chi connectivity index (χ0n) is 14.8. The average Bonchev–Trinajstić information content (AvgIpc) is 3.08.